The lowest BCUT2D eigenvalue weighted by Crippen LogP contribution is -2.23. The van der Waals surface area contributed by atoms with E-state index in [-0.39, 0.29) is 10.7 Å². The second-order valence-electron chi connectivity index (χ2n) is 3.24. The molecule has 0 saturated heterocycles. The molecule has 0 aliphatic carbocycles. The van der Waals surface area contributed by atoms with Crippen molar-refractivity contribution in [2.45, 2.75) is 12.2 Å². The minimum absolute atomic E-state index is 0.0298. The van der Waals surface area contributed by atoms with Crippen LogP contribution in [0.25, 0.3) is 10.4 Å². The largest absolute Gasteiger partial charge is 0.390 e. The van der Waals surface area contributed by atoms with Crippen molar-refractivity contribution in [3.8, 4) is 0 Å². The molecule has 0 fully saturated rings. The minimum Gasteiger partial charge on any atom is -0.390 e. The Balaban J connectivity index is 3.08. The maximum atomic E-state index is 10.7. The summed E-state index contributed by atoms with van der Waals surface area (Å²) in [5.41, 5.74) is 7.21. The van der Waals surface area contributed by atoms with Crippen LogP contribution in [0, 0.1) is 10.1 Å². The molecule has 1 rings (SSSR count). The van der Waals surface area contributed by atoms with Gasteiger partial charge < -0.3 is 10.2 Å². The highest BCUT2D eigenvalue weighted by molar-refractivity contribution is 6.30. The topological polar surface area (TPSA) is 145 Å². The van der Waals surface area contributed by atoms with Gasteiger partial charge in [0, 0.05) is 17.2 Å². The average Bonchev–Trinajstić information content (AvgIpc) is 2.34. The maximum absolute atomic E-state index is 10.7. The lowest BCUT2D eigenvalue weighted by atomic mass is 10.1. The highest BCUT2D eigenvalue weighted by Crippen LogP contribution is 2.27. The molecule has 1 aromatic rings. The number of aliphatic hydroxyl groups excluding tert-OH is 2. The number of rotatable bonds is 5. The third-order valence-electron chi connectivity index (χ3n) is 2.04. The van der Waals surface area contributed by atoms with E-state index in [9.17, 15) is 20.3 Å². The number of pyridine rings is 1. The summed E-state index contributed by atoms with van der Waals surface area (Å²) < 4.78 is 0. The molecular formula is C8H8ClN5O4. The van der Waals surface area contributed by atoms with Crippen molar-refractivity contribution in [2.75, 3.05) is 6.54 Å². The van der Waals surface area contributed by atoms with E-state index in [1.165, 1.54) is 0 Å². The molecule has 1 aromatic heterocycles. The Morgan fingerprint density at radius 2 is 2.33 bits per heavy atom. The molecule has 0 bridgehead atoms. The van der Waals surface area contributed by atoms with Gasteiger partial charge in [0.05, 0.1) is 22.6 Å². The van der Waals surface area contributed by atoms with E-state index in [1.54, 1.807) is 0 Å². The van der Waals surface area contributed by atoms with Crippen molar-refractivity contribution in [3.63, 3.8) is 0 Å². The van der Waals surface area contributed by atoms with E-state index in [0.717, 1.165) is 12.3 Å². The minimum atomic E-state index is -1.65. The molecule has 2 unspecified atom stereocenters. The van der Waals surface area contributed by atoms with E-state index >= 15 is 0 Å². The molecule has 0 spiro atoms. The van der Waals surface area contributed by atoms with E-state index < -0.39 is 29.4 Å². The summed E-state index contributed by atoms with van der Waals surface area (Å²) in [5, 5.41) is 33.0. The summed E-state index contributed by atoms with van der Waals surface area (Å²) in [5.74, 6) is 0. The van der Waals surface area contributed by atoms with Gasteiger partial charge in [-0.3, -0.25) is 10.1 Å². The van der Waals surface area contributed by atoms with Crippen LogP contribution in [-0.4, -0.2) is 32.8 Å². The maximum Gasteiger partial charge on any atom is 0.295 e. The number of azide groups is 1. The summed E-state index contributed by atoms with van der Waals surface area (Å²) in [4.78, 5) is 16.0. The first-order chi connectivity index (χ1) is 8.47. The van der Waals surface area contributed by atoms with Gasteiger partial charge in [0.25, 0.3) is 5.69 Å². The molecule has 2 N–H and O–H groups in total. The van der Waals surface area contributed by atoms with Gasteiger partial charge in [-0.25, -0.2) is 4.98 Å². The first-order valence-electron chi connectivity index (χ1n) is 4.64. The van der Waals surface area contributed by atoms with Crippen LogP contribution in [0.3, 0.4) is 0 Å². The van der Waals surface area contributed by atoms with Gasteiger partial charge in [0.15, 0.2) is 0 Å². The van der Waals surface area contributed by atoms with Crippen molar-refractivity contribution >= 4 is 17.3 Å². The second kappa shape index (κ2) is 6.12. The van der Waals surface area contributed by atoms with Gasteiger partial charge in [-0.1, -0.05) is 16.7 Å². The van der Waals surface area contributed by atoms with Gasteiger partial charge in [-0.2, -0.15) is 0 Å². The summed E-state index contributed by atoms with van der Waals surface area (Å²) in [6.45, 7) is -0.431. The van der Waals surface area contributed by atoms with Gasteiger partial charge in [0.1, 0.15) is 11.8 Å². The van der Waals surface area contributed by atoms with E-state index in [2.05, 4.69) is 15.0 Å². The molecule has 0 aromatic carbocycles. The third-order valence-corrected chi connectivity index (χ3v) is 2.24. The summed E-state index contributed by atoms with van der Waals surface area (Å²) in [6, 6.07) is 1.01. The summed E-state index contributed by atoms with van der Waals surface area (Å²) in [6.07, 6.45) is -2.03. The smallest absolute Gasteiger partial charge is 0.295 e. The number of nitrogens with zero attached hydrogens (tertiary/aromatic N) is 5. The predicted molar refractivity (Wildman–Crippen MR) is 60.9 cm³/mol. The Hall–Kier alpha value is -1.93. The highest BCUT2D eigenvalue weighted by atomic mass is 35.5. The SMILES string of the molecule is [N-]=[N+]=NCC(O)C(O)c1ncc(Cl)cc1[N+](=O)[O-]. The van der Waals surface area contributed by atoms with Crippen molar-refractivity contribution in [1.29, 1.82) is 0 Å². The Bertz CT molecular complexity index is 504. The molecule has 0 aliphatic heterocycles. The van der Waals surface area contributed by atoms with Gasteiger partial charge in [0.2, 0.25) is 0 Å². The van der Waals surface area contributed by atoms with Crippen LogP contribution in [0.5, 0.6) is 0 Å². The number of aliphatic hydroxyl groups is 2. The third kappa shape index (κ3) is 3.28. The monoisotopic (exact) mass is 273 g/mol. The molecule has 2 atom stereocenters. The Kier molecular flexibility index (Phi) is 4.81. The van der Waals surface area contributed by atoms with Crippen LogP contribution in [0.15, 0.2) is 17.4 Å². The standard InChI is InChI=1S/C8H8ClN5O4/c9-4-1-5(14(17)18)7(11-2-4)8(16)6(15)3-12-13-10/h1-2,6,8,15-16H,3H2. The molecule has 0 saturated carbocycles. The van der Waals surface area contributed by atoms with Gasteiger partial charge >= 0.3 is 0 Å². The predicted octanol–water partition coefficient (Wildman–Crippen LogP) is 1.35. The summed E-state index contributed by atoms with van der Waals surface area (Å²) >= 11 is 5.55. The molecule has 18 heavy (non-hydrogen) atoms. The molecule has 96 valence electrons. The van der Waals surface area contributed by atoms with Crippen molar-refractivity contribution in [1.82, 2.24) is 4.98 Å². The highest BCUT2D eigenvalue weighted by Gasteiger charge is 2.27. The van der Waals surface area contributed by atoms with Gasteiger partial charge in [-0.15, -0.1) is 0 Å². The van der Waals surface area contributed by atoms with Crippen molar-refractivity contribution in [3.05, 3.63) is 43.5 Å². The van der Waals surface area contributed by atoms with Crippen LogP contribution < -0.4 is 0 Å². The second-order valence-corrected chi connectivity index (χ2v) is 3.68. The van der Waals surface area contributed by atoms with E-state index in [4.69, 9.17) is 17.1 Å². The van der Waals surface area contributed by atoms with Crippen LogP contribution in [0.2, 0.25) is 5.02 Å². The molecule has 0 aliphatic rings. The first kappa shape index (κ1) is 14.1. The fourth-order valence-electron chi connectivity index (χ4n) is 1.22. The van der Waals surface area contributed by atoms with E-state index in [1.807, 2.05) is 0 Å². The van der Waals surface area contributed by atoms with Crippen LogP contribution in [-0.2, 0) is 0 Å². The Labute approximate surface area is 105 Å². The number of aromatic nitrogens is 1. The molecular weight excluding hydrogens is 266 g/mol. The number of nitro groups is 1. The lowest BCUT2D eigenvalue weighted by Gasteiger charge is -2.15. The molecule has 1 heterocycles. The van der Waals surface area contributed by atoms with Crippen LogP contribution in [0.1, 0.15) is 11.8 Å². The lowest BCUT2D eigenvalue weighted by molar-refractivity contribution is -0.386. The zero-order valence-electron chi connectivity index (χ0n) is 8.84. The quantitative estimate of drug-likeness (QED) is 0.273. The Morgan fingerprint density at radius 3 is 2.89 bits per heavy atom. The molecule has 9 nitrogen and oxygen atoms in total. The molecule has 10 heteroatoms. The number of halogens is 1. The Morgan fingerprint density at radius 1 is 1.67 bits per heavy atom. The average molecular weight is 274 g/mol. The summed E-state index contributed by atoms with van der Waals surface area (Å²) in [7, 11) is 0. The zero-order valence-corrected chi connectivity index (χ0v) is 9.60. The van der Waals surface area contributed by atoms with Crippen LogP contribution in [0.4, 0.5) is 5.69 Å². The van der Waals surface area contributed by atoms with Crippen molar-refractivity contribution in [2.24, 2.45) is 5.11 Å². The fraction of sp³-hybridized carbons (Fsp3) is 0.375. The van der Waals surface area contributed by atoms with E-state index in [0.29, 0.717) is 0 Å². The van der Waals surface area contributed by atoms with Crippen molar-refractivity contribution < 1.29 is 15.1 Å². The fourth-order valence-corrected chi connectivity index (χ4v) is 1.37. The molecule has 0 radical (unpaired) electrons. The first-order valence-corrected chi connectivity index (χ1v) is 5.02. The van der Waals surface area contributed by atoms with Crippen LogP contribution >= 0.6 is 11.6 Å². The number of hydrogen-bond acceptors (Lipinski definition) is 6. The van der Waals surface area contributed by atoms with Gasteiger partial charge in [-0.05, 0) is 5.53 Å². The zero-order chi connectivity index (χ0) is 13.7. The number of hydrogen-bond donors (Lipinski definition) is 2. The molecule has 0 amide bonds. The normalized spacial score (nSPS) is 13.5.